The first-order valence-corrected chi connectivity index (χ1v) is 2.74. The Hall–Kier alpha value is -1.25. The average molecular weight is 142 g/mol. The predicted molar refractivity (Wildman–Crippen MR) is 37.5 cm³/mol. The smallest absolute Gasteiger partial charge is 0.223 e. The van der Waals surface area contributed by atoms with E-state index in [0.29, 0.717) is 0 Å². The van der Waals surface area contributed by atoms with Gasteiger partial charge < -0.3 is 9.84 Å². The summed E-state index contributed by atoms with van der Waals surface area (Å²) >= 11 is 0. The number of ether oxygens (including phenoxy) is 1. The maximum atomic E-state index is 10.6. The molecule has 0 bridgehead atoms. The molecule has 0 aromatic heterocycles. The van der Waals surface area contributed by atoms with Crippen LogP contribution in [0.5, 0.6) is 0 Å². The van der Waals surface area contributed by atoms with E-state index in [1.54, 1.807) is 0 Å². The van der Waals surface area contributed by atoms with Crippen LogP contribution in [0, 0.1) is 0 Å². The summed E-state index contributed by atoms with van der Waals surface area (Å²) in [6.07, 6.45) is 1.03. The fourth-order valence-electron chi connectivity index (χ4n) is 0.367. The minimum Gasteiger partial charge on any atom is -0.502 e. The number of methoxy groups -OCH3 is 1. The highest BCUT2D eigenvalue weighted by atomic mass is 16.5. The van der Waals surface area contributed by atoms with E-state index in [1.165, 1.54) is 14.0 Å². The predicted octanol–water partition coefficient (Wildman–Crippen LogP) is 1.18. The van der Waals surface area contributed by atoms with Crippen LogP contribution in [0.15, 0.2) is 24.2 Å². The van der Waals surface area contributed by atoms with Crippen LogP contribution in [0.2, 0.25) is 0 Å². The van der Waals surface area contributed by atoms with Gasteiger partial charge >= 0.3 is 0 Å². The second kappa shape index (κ2) is 3.71. The Kier molecular flexibility index (Phi) is 3.25. The van der Waals surface area contributed by atoms with Crippen LogP contribution in [-0.4, -0.2) is 18.0 Å². The van der Waals surface area contributed by atoms with Crippen molar-refractivity contribution in [3.8, 4) is 0 Å². The van der Waals surface area contributed by atoms with Crippen molar-refractivity contribution in [2.75, 3.05) is 7.11 Å². The molecule has 0 aromatic rings. The van der Waals surface area contributed by atoms with Gasteiger partial charge in [0.15, 0.2) is 0 Å². The van der Waals surface area contributed by atoms with Crippen LogP contribution < -0.4 is 0 Å². The fourth-order valence-corrected chi connectivity index (χ4v) is 0.367. The first-order chi connectivity index (χ1) is 4.63. The summed E-state index contributed by atoms with van der Waals surface area (Å²) in [5.41, 5.74) is 0. The maximum Gasteiger partial charge on any atom is 0.223 e. The molecule has 3 nitrogen and oxygen atoms in total. The van der Waals surface area contributed by atoms with Crippen LogP contribution in [0.4, 0.5) is 0 Å². The lowest BCUT2D eigenvalue weighted by atomic mass is 10.3. The SMILES string of the molecule is C=CC(=O)/C(O)=C(/C)OC. The molecule has 0 saturated carbocycles. The molecule has 0 spiro atoms. The van der Waals surface area contributed by atoms with Gasteiger partial charge in [-0.05, 0) is 13.0 Å². The number of ketones is 1. The van der Waals surface area contributed by atoms with Crippen LogP contribution >= 0.6 is 0 Å². The molecule has 0 radical (unpaired) electrons. The highest BCUT2D eigenvalue weighted by Gasteiger charge is 2.06. The topological polar surface area (TPSA) is 46.5 Å². The summed E-state index contributed by atoms with van der Waals surface area (Å²) in [6, 6.07) is 0. The Labute approximate surface area is 59.6 Å². The van der Waals surface area contributed by atoms with Gasteiger partial charge in [0.25, 0.3) is 0 Å². The summed E-state index contributed by atoms with van der Waals surface area (Å²) in [7, 11) is 1.38. The van der Waals surface area contributed by atoms with Gasteiger partial charge in [-0.2, -0.15) is 0 Å². The van der Waals surface area contributed by atoms with Crippen LogP contribution in [-0.2, 0) is 9.53 Å². The summed E-state index contributed by atoms with van der Waals surface area (Å²) < 4.78 is 4.60. The van der Waals surface area contributed by atoms with Crippen LogP contribution in [0.25, 0.3) is 0 Å². The number of carbonyl (C=O) groups excluding carboxylic acids is 1. The molecule has 0 saturated heterocycles. The molecule has 3 heteroatoms. The molecule has 0 heterocycles. The third-order valence-electron chi connectivity index (χ3n) is 1.06. The van der Waals surface area contributed by atoms with Gasteiger partial charge in [0.05, 0.1) is 7.11 Å². The summed E-state index contributed by atoms with van der Waals surface area (Å²) in [5.74, 6) is -0.721. The highest BCUT2D eigenvalue weighted by Crippen LogP contribution is 2.01. The summed E-state index contributed by atoms with van der Waals surface area (Å²) in [6.45, 7) is 4.70. The standard InChI is InChI=1S/C7H10O3/c1-4-6(8)7(9)5(2)10-3/h4,9H,1H2,2-3H3/b7-5+. The second-order valence-electron chi connectivity index (χ2n) is 1.68. The third-order valence-corrected chi connectivity index (χ3v) is 1.06. The molecule has 1 N–H and O–H groups in total. The molecule has 0 amide bonds. The Morgan fingerprint density at radius 2 is 2.20 bits per heavy atom. The molecule has 0 aromatic carbocycles. The molecular weight excluding hydrogens is 132 g/mol. The van der Waals surface area contributed by atoms with Crippen molar-refractivity contribution in [3.63, 3.8) is 0 Å². The lowest BCUT2D eigenvalue weighted by molar-refractivity contribution is -0.113. The Morgan fingerprint density at radius 1 is 1.70 bits per heavy atom. The quantitative estimate of drug-likeness (QED) is 0.475. The van der Waals surface area contributed by atoms with Crippen LogP contribution in [0.3, 0.4) is 0 Å². The van der Waals surface area contributed by atoms with E-state index in [9.17, 15) is 4.79 Å². The minimum atomic E-state index is -0.528. The summed E-state index contributed by atoms with van der Waals surface area (Å²) in [4.78, 5) is 10.6. The third kappa shape index (κ3) is 1.93. The van der Waals surface area contributed by atoms with Crippen molar-refractivity contribution in [2.24, 2.45) is 0 Å². The molecular formula is C7H10O3. The molecule has 0 rings (SSSR count). The van der Waals surface area contributed by atoms with Crippen molar-refractivity contribution in [1.29, 1.82) is 0 Å². The second-order valence-corrected chi connectivity index (χ2v) is 1.68. The van der Waals surface area contributed by atoms with E-state index in [1.807, 2.05) is 0 Å². The Balaban J connectivity index is 4.45. The van der Waals surface area contributed by atoms with Crippen molar-refractivity contribution < 1.29 is 14.6 Å². The van der Waals surface area contributed by atoms with Crippen molar-refractivity contribution in [1.82, 2.24) is 0 Å². The Bertz CT molecular complexity index is 179. The average Bonchev–Trinajstić information content (AvgIpc) is 2.00. The maximum absolute atomic E-state index is 10.6. The number of aliphatic hydroxyl groups excluding tert-OH is 1. The van der Waals surface area contributed by atoms with Crippen LogP contribution in [0.1, 0.15) is 6.92 Å². The lowest BCUT2D eigenvalue weighted by Crippen LogP contribution is -2.00. The number of hydrogen-bond acceptors (Lipinski definition) is 3. The number of aliphatic hydroxyl groups is 1. The normalized spacial score (nSPS) is 11.8. The molecule has 56 valence electrons. The van der Waals surface area contributed by atoms with Gasteiger partial charge in [-0.3, -0.25) is 4.79 Å². The monoisotopic (exact) mass is 142 g/mol. The first kappa shape index (κ1) is 8.75. The van der Waals surface area contributed by atoms with Crippen molar-refractivity contribution >= 4 is 5.78 Å². The number of rotatable bonds is 3. The molecule has 0 aliphatic carbocycles. The van der Waals surface area contributed by atoms with E-state index in [-0.39, 0.29) is 5.76 Å². The van der Waals surface area contributed by atoms with Crippen molar-refractivity contribution in [2.45, 2.75) is 6.92 Å². The molecule has 0 unspecified atom stereocenters. The molecule has 10 heavy (non-hydrogen) atoms. The molecule has 0 aliphatic rings. The Morgan fingerprint density at radius 3 is 2.50 bits per heavy atom. The van der Waals surface area contributed by atoms with Gasteiger partial charge in [0.2, 0.25) is 11.5 Å². The molecule has 0 atom stereocenters. The lowest BCUT2D eigenvalue weighted by Gasteiger charge is -1.99. The van der Waals surface area contributed by atoms with E-state index in [4.69, 9.17) is 5.11 Å². The van der Waals surface area contributed by atoms with Gasteiger partial charge in [-0.1, -0.05) is 6.58 Å². The highest BCUT2D eigenvalue weighted by molar-refractivity contribution is 6.01. The largest absolute Gasteiger partial charge is 0.502 e. The fraction of sp³-hybridized carbons (Fsp3) is 0.286. The van der Waals surface area contributed by atoms with Gasteiger partial charge in [0, 0.05) is 0 Å². The number of carbonyl (C=O) groups is 1. The van der Waals surface area contributed by atoms with Gasteiger partial charge in [-0.25, -0.2) is 0 Å². The molecule has 0 fully saturated rings. The first-order valence-electron chi connectivity index (χ1n) is 2.74. The van der Waals surface area contributed by atoms with Crippen molar-refractivity contribution in [3.05, 3.63) is 24.2 Å². The van der Waals surface area contributed by atoms with Gasteiger partial charge in [-0.15, -0.1) is 0 Å². The van der Waals surface area contributed by atoms with E-state index >= 15 is 0 Å². The molecule has 0 aliphatic heterocycles. The zero-order chi connectivity index (χ0) is 8.15. The zero-order valence-electron chi connectivity index (χ0n) is 6.05. The zero-order valence-corrected chi connectivity index (χ0v) is 6.05. The summed E-state index contributed by atoms with van der Waals surface area (Å²) in [5, 5.41) is 8.92. The minimum absolute atomic E-state index is 0.199. The number of allylic oxidation sites excluding steroid dienone is 2. The van der Waals surface area contributed by atoms with E-state index in [0.717, 1.165) is 6.08 Å². The van der Waals surface area contributed by atoms with Gasteiger partial charge in [0.1, 0.15) is 5.76 Å². The van der Waals surface area contributed by atoms with E-state index < -0.39 is 11.5 Å². The van der Waals surface area contributed by atoms with E-state index in [2.05, 4.69) is 11.3 Å². The number of hydrogen-bond donors (Lipinski definition) is 1.